The summed E-state index contributed by atoms with van der Waals surface area (Å²) in [6, 6.07) is 2.51. The van der Waals surface area contributed by atoms with Gasteiger partial charge in [-0.2, -0.15) is 0 Å². The van der Waals surface area contributed by atoms with E-state index in [2.05, 4.69) is 10.1 Å². The standard InChI is InChI=1S/C10H15N5O5S/c1-6(4-10(11)16)14-21(19,20)9-5-7(13-12)2-3-8(9)15(17)18/h2-3,5-6,13-14H,4,12H2,1H3,(H2,11,16). The number of nitrogens with two attached hydrogens (primary N) is 2. The number of primary amides is 1. The van der Waals surface area contributed by atoms with Crippen molar-refractivity contribution in [3.8, 4) is 0 Å². The van der Waals surface area contributed by atoms with E-state index in [4.69, 9.17) is 11.6 Å². The molecule has 1 unspecified atom stereocenters. The molecule has 0 aromatic heterocycles. The van der Waals surface area contributed by atoms with Gasteiger partial charge in [0.1, 0.15) is 0 Å². The quantitative estimate of drug-likeness (QED) is 0.296. The molecular formula is C10H15N5O5S. The lowest BCUT2D eigenvalue weighted by atomic mass is 10.2. The molecule has 0 saturated heterocycles. The summed E-state index contributed by atoms with van der Waals surface area (Å²) in [6.07, 6.45) is -0.234. The van der Waals surface area contributed by atoms with Crippen LogP contribution in [0.25, 0.3) is 0 Å². The Morgan fingerprint density at radius 3 is 2.57 bits per heavy atom. The summed E-state index contributed by atoms with van der Waals surface area (Å²) in [6.45, 7) is 1.42. The third kappa shape index (κ3) is 4.37. The molecule has 0 aliphatic rings. The maximum Gasteiger partial charge on any atom is 0.289 e. The Bertz CT molecular complexity index is 660. The Balaban J connectivity index is 3.22. The SMILES string of the molecule is CC(CC(N)=O)NS(=O)(=O)c1cc(NN)ccc1[N+](=O)[O-]. The number of nitrogens with zero attached hydrogens (tertiary/aromatic N) is 1. The molecule has 1 aromatic rings. The van der Waals surface area contributed by atoms with E-state index in [-0.39, 0.29) is 12.1 Å². The van der Waals surface area contributed by atoms with Gasteiger partial charge in [-0.3, -0.25) is 20.8 Å². The summed E-state index contributed by atoms with van der Waals surface area (Å²) >= 11 is 0. The number of hydrogen-bond donors (Lipinski definition) is 4. The van der Waals surface area contributed by atoms with E-state index in [1.54, 1.807) is 0 Å². The van der Waals surface area contributed by atoms with Crippen molar-refractivity contribution in [2.24, 2.45) is 11.6 Å². The molecule has 11 heteroatoms. The van der Waals surface area contributed by atoms with Gasteiger partial charge in [0.15, 0.2) is 4.90 Å². The van der Waals surface area contributed by atoms with Gasteiger partial charge >= 0.3 is 0 Å². The minimum atomic E-state index is -4.21. The number of carbonyl (C=O) groups excluding carboxylic acids is 1. The Hall–Kier alpha value is -2.24. The topological polar surface area (TPSA) is 170 Å². The smallest absolute Gasteiger partial charge is 0.289 e. The van der Waals surface area contributed by atoms with Gasteiger partial charge in [0.05, 0.1) is 10.6 Å². The highest BCUT2D eigenvalue weighted by atomic mass is 32.2. The van der Waals surface area contributed by atoms with Crippen molar-refractivity contribution in [1.29, 1.82) is 0 Å². The van der Waals surface area contributed by atoms with Gasteiger partial charge in [-0.05, 0) is 19.1 Å². The van der Waals surface area contributed by atoms with Crippen LogP contribution in [0, 0.1) is 10.1 Å². The number of rotatable bonds is 7. The number of hydrazine groups is 1. The van der Waals surface area contributed by atoms with Crippen molar-refractivity contribution in [3.63, 3.8) is 0 Å². The number of anilines is 1. The first-order valence-electron chi connectivity index (χ1n) is 5.73. The fourth-order valence-electron chi connectivity index (χ4n) is 1.64. The van der Waals surface area contributed by atoms with Crippen molar-refractivity contribution in [2.45, 2.75) is 24.3 Å². The molecule has 0 saturated carbocycles. The molecular weight excluding hydrogens is 302 g/mol. The van der Waals surface area contributed by atoms with Crippen LogP contribution in [-0.2, 0) is 14.8 Å². The van der Waals surface area contributed by atoms with Crippen LogP contribution >= 0.6 is 0 Å². The van der Waals surface area contributed by atoms with Gasteiger partial charge in [-0.1, -0.05) is 0 Å². The number of nitro benzene ring substituents is 1. The van der Waals surface area contributed by atoms with E-state index >= 15 is 0 Å². The number of nitrogens with one attached hydrogen (secondary N) is 2. The molecule has 0 radical (unpaired) electrons. The summed E-state index contributed by atoms with van der Waals surface area (Å²) in [5.74, 6) is 4.46. The normalized spacial score (nSPS) is 12.7. The lowest BCUT2D eigenvalue weighted by molar-refractivity contribution is -0.387. The molecule has 0 heterocycles. The fraction of sp³-hybridized carbons (Fsp3) is 0.300. The predicted octanol–water partition coefficient (Wildman–Crippen LogP) is -0.577. The van der Waals surface area contributed by atoms with Crippen LogP contribution in [0.4, 0.5) is 11.4 Å². The Morgan fingerprint density at radius 1 is 1.48 bits per heavy atom. The van der Waals surface area contributed by atoms with E-state index in [0.717, 1.165) is 12.1 Å². The number of sulfonamides is 1. The first-order valence-corrected chi connectivity index (χ1v) is 7.21. The molecule has 10 nitrogen and oxygen atoms in total. The van der Waals surface area contributed by atoms with E-state index in [1.807, 2.05) is 0 Å². The van der Waals surface area contributed by atoms with Crippen LogP contribution in [0.1, 0.15) is 13.3 Å². The Morgan fingerprint density at radius 2 is 2.10 bits per heavy atom. The van der Waals surface area contributed by atoms with Crippen molar-refractivity contribution < 1.29 is 18.1 Å². The van der Waals surface area contributed by atoms with Gasteiger partial charge in [-0.25, -0.2) is 13.1 Å². The molecule has 1 rings (SSSR count). The second kappa shape index (κ2) is 6.47. The van der Waals surface area contributed by atoms with E-state index in [9.17, 15) is 23.3 Å². The highest BCUT2D eigenvalue weighted by Crippen LogP contribution is 2.26. The molecule has 1 aromatic carbocycles. The zero-order valence-electron chi connectivity index (χ0n) is 11.1. The minimum Gasteiger partial charge on any atom is -0.370 e. The maximum absolute atomic E-state index is 12.2. The van der Waals surface area contributed by atoms with Crippen molar-refractivity contribution >= 4 is 27.3 Å². The van der Waals surface area contributed by atoms with Crippen LogP contribution in [0.5, 0.6) is 0 Å². The third-order valence-corrected chi connectivity index (χ3v) is 4.10. The first-order chi connectivity index (χ1) is 9.67. The van der Waals surface area contributed by atoms with E-state index in [1.165, 1.54) is 13.0 Å². The molecule has 0 aliphatic heterocycles. The fourth-order valence-corrected chi connectivity index (χ4v) is 3.08. The first kappa shape index (κ1) is 16.8. The zero-order valence-corrected chi connectivity index (χ0v) is 11.9. The van der Waals surface area contributed by atoms with E-state index < -0.39 is 37.5 Å². The van der Waals surface area contributed by atoms with Crippen LogP contribution in [-0.4, -0.2) is 25.3 Å². The summed E-state index contributed by atoms with van der Waals surface area (Å²) in [4.78, 5) is 20.3. The average molecular weight is 317 g/mol. The number of amides is 1. The van der Waals surface area contributed by atoms with Crippen LogP contribution in [0.15, 0.2) is 23.1 Å². The van der Waals surface area contributed by atoms with Crippen LogP contribution in [0.3, 0.4) is 0 Å². The molecule has 0 fully saturated rings. The number of carbonyl (C=O) groups is 1. The highest BCUT2D eigenvalue weighted by Gasteiger charge is 2.27. The molecule has 0 aliphatic carbocycles. The lowest BCUT2D eigenvalue weighted by Crippen LogP contribution is -2.36. The number of hydrogen-bond acceptors (Lipinski definition) is 7. The summed E-state index contributed by atoms with van der Waals surface area (Å²) in [5.41, 5.74) is 6.75. The van der Waals surface area contributed by atoms with Crippen molar-refractivity contribution in [1.82, 2.24) is 4.72 Å². The largest absolute Gasteiger partial charge is 0.370 e. The lowest BCUT2D eigenvalue weighted by Gasteiger charge is -2.13. The molecule has 21 heavy (non-hydrogen) atoms. The summed E-state index contributed by atoms with van der Waals surface area (Å²) < 4.78 is 26.5. The molecule has 1 amide bonds. The third-order valence-electron chi connectivity index (χ3n) is 2.48. The van der Waals surface area contributed by atoms with Crippen molar-refractivity contribution in [2.75, 3.05) is 5.43 Å². The van der Waals surface area contributed by atoms with Crippen molar-refractivity contribution in [3.05, 3.63) is 28.3 Å². The highest BCUT2D eigenvalue weighted by molar-refractivity contribution is 7.89. The van der Waals surface area contributed by atoms with Gasteiger partial charge in [0.25, 0.3) is 5.69 Å². The zero-order chi connectivity index (χ0) is 16.2. The number of nitro groups is 1. The van der Waals surface area contributed by atoms with Gasteiger partial charge < -0.3 is 11.2 Å². The average Bonchev–Trinajstić information content (AvgIpc) is 2.36. The number of benzene rings is 1. The monoisotopic (exact) mass is 317 g/mol. The van der Waals surface area contributed by atoms with Crippen LogP contribution < -0.4 is 21.7 Å². The Labute approximate surface area is 120 Å². The molecule has 116 valence electrons. The molecule has 0 bridgehead atoms. The summed E-state index contributed by atoms with van der Waals surface area (Å²) in [5, 5.41) is 10.9. The van der Waals surface area contributed by atoms with Crippen LogP contribution in [0.2, 0.25) is 0 Å². The van der Waals surface area contributed by atoms with E-state index in [0.29, 0.717) is 0 Å². The molecule has 6 N–H and O–H groups in total. The number of nitrogen functional groups attached to an aromatic ring is 1. The second-order valence-corrected chi connectivity index (χ2v) is 5.96. The maximum atomic E-state index is 12.2. The second-order valence-electron chi connectivity index (χ2n) is 4.28. The molecule has 1 atom stereocenters. The van der Waals surface area contributed by atoms with Gasteiger partial charge in [-0.15, -0.1) is 0 Å². The Kier molecular flexibility index (Phi) is 5.18. The summed E-state index contributed by atoms with van der Waals surface area (Å²) in [7, 11) is -4.21. The van der Waals surface area contributed by atoms with Gasteiger partial charge in [0, 0.05) is 18.5 Å². The predicted molar refractivity (Wildman–Crippen MR) is 74.5 cm³/mol. The minimum absolute atomic E-state index is 0.184. The molecule has 0 spiro atoms. The van der Waals surface area contributed by atoms with Gasteiger partial charge in [0.2, 0.25) is 15.9 Å².